The lowest BCUT2D eigenvalue weighted by molar-refractivity contribution is -0.140. The Morgan fingerprint density at radius 3 is 2.35 bits per heavy atom. The van der Waals surface area contributed by atoms with Gasteiger partial charge >= 0.3 is 5.97 Å². The first-order chi connectivity index (χ1) is 9.45. The molecule has 0 bridgehead atoms. The Bertz CT molecular complexity index is 542. The number of nitrogens with zero attached hydrogens (tertiary/aromatic N) is 1. The van der Waals surface area contributed by atoms with Gasteiger partial charge in [-0.25, -0.2) is 8.42 Å². The molecule has 0 aliphatic heterocycles. The summed E-state index contributed by atoms with van der Waals surface area (Å²) in [4.78, 5) is 11.5. The van der Waals surface area contributed by atoms with Crippen LogP contribution in [0.3, 0.4) is 0 Å². The zero-order valence-electron chi connectivity index (χ0n) is 11.5. The molecule has 0 N–H and O–H groups in total. The van der Waals surface area contributed by atoms with Crippen molar-refractivity contribution in [2.75, 3.05) is 20.2 Å². The summed E-state index contributed by atoms with van der Waals surface area (Å²) in [6, 6.07) is 6.57. The van der Waals surface area contributed by atoms with Crippen molar-refractivity contribution in [1.82, 2.24) is 4.31 Å². The van der Waals surface area contributed by atoms with Crippen LogP contribution in [0.15, 0.2) is 29.2 Å². The van der Waals surface area contributed by atoms with Gasteiger partial charge in [-0.15, -0.1) is 0 Å². The molecule has 0 aromatic heterocycles. The third-order valence-corrected chi connectivity index (χ3v) is 5.23. The smallest absolute Gasteiger partial charge is 0.321 e. The number of ether oxygens (including phenoxy) is 1. The average Bonchev–Trinajstić information content (AvgIpc) is 2.46. The molecule has 0 saturated carbocycles. The fourth-order valence-corrected chi connectivity index (χ4v) is 3.49. The first kappa shape index (κ1) is 17.1. The Kier molecular flexibility index (Phi) is 6.64. The maximum atomic E-state index is 12.5. The monoisotopic (exact) mass is 363 g/mol. The van der Waals surface area contributed by atoms with Crippen LogP contribution < -0.4 is 0 Å². The Morgan fingerprint density at radius 1 is 1.30 bits per heavy atom. The average molecular weight is 364 g/mol. The number of esters is 1. The second-order valence-electron chi connectivity index (χ2n) is 4.19. The van der Waals surface area contributed by atoms with Gasteiger partial charge in [0, 0.05) is 11.9 Å². The summed E-state index contributed by atoms with van der Waals surface area (Å²) in [7, 11) is -2.44. The van der Waals surface area contributed by atoms with Crippen molar-refractivity contribution in [2.45, 2.75) is 23.6 Å². The van der Waals surface area contributed by atoms with Crippen LogP contribution in [-0.2, 0) is 24.9 Å². The first-order valence-corrected chi connectivity index (χ1v) is 8.73. The van der Waals surface area contributed by atoms with Crippen LogP contribution in [0.2, 0.25) is 0 Å². The van der Waals surface area contributed by atoms with E-state index in [2.05, 4.69) is 20.7 Å². The molecule has 20 heavy (non-hydrogen) atoms. The summed E-state index contributed by atoms with van der Waals surface area (Å²) >= 11 is 3.31. The van der Waals surface area contributed by atoms with Crippen molar-refractivity contribution in [3.8, 4) is 0 Å². The number of hydrogen-bond donors (Lipinski definition) is 0. The van der Waals surface area contributed by atoms with E-state index in [1.165, 1.54) is 7.11 Å². The number of halogens is 1. The summed E-state index contributed by atoms with van der Waals surface area (Å²) in [6.45, 7) is 1.86. The zero-order valence-corrected chi connectivity index (χ0v) is 13.9. The molecule has 1 aromatic rings. The van der Waals surface area contributed by atoms with E-state index in [1.54, 1.807) is 24.3 Å². The molecule has 0 atom stereocenters. The number of sulfonamides is 1. The van der Waals surface area contributed by atoms with E-state index in [0.717, 1.165) is 9.87 Å². The maximum Gasteiger partial charge on any atom is 0.321 e. The molecule has 7 heteroatoms. The van der Waals surface area contributed by atoms with Crippen LogP contribution >= 0.6 is 15.9 Å². The largest absolute Gasteiger partial charge is 0.468 e. The number of rotatable bonds is 7. The fourth-order valence-electron chi connectivity index (χ4n) is 1.64. The molecular formula is C13H18BrNO4S. The van der Waals surface area contributed by atoms with Gasteiger partial charge in [-0.1, -0.05) is 35.0 Å². The molecule has 112 valence electrons. The van der Waals surface area contributed by atoms with Crippen LogP contribution in [0.25, 0.3) is 0 Å². The topological polar surface area (TPSA) is 63.7 Å². The van der Waals surface area contributed by atoms with E-state index < -0.39 is 16.0 Å². The number of methoxy groups -OCH3 is 1. The number of hydrogen-bond acceptors (Lipinski definition) is 4. The van der Waals surface area contributed by atoms with E-state index >= 15 is 0 Å². The highest BCUT2D eigenvalue weighted by molar-refractivity contribution is 9.08. The normalized spacial score (nSPS) is 11.6. The molecule has 0 radical (unpaired) electrons. The number of carbonyl (C=O) groups is 1. The van der Waals surface area contributed by atoms with Crippen molar-refractivity contribution >= 4 is 31.9 Å². The number of alkyl halides is 1. The highest BCUT2D eigenvalue weighted by atomic mass is 79.9. The second kappa shape index (κ2) is 7.75. The van der Waals surface area contributed by atoms with E-state index in [-0.39, 0.29) is 18.0 Å². The number of benzene rings is 1. The van der Waals surface area contributed by atoms with Crippen LogP contribution in [0, 0.1) is 0 Å². The highest BCUT2D eigenvalue weighted by Crippen LogP contribution is 2.18. The summed E-state index contributed by atoms with van der Waals surface area (Å²) < 4.78 is 30.6. The van der Waals surface area contributed by atoms with Gasteiger partial charge in [-0.3, -0.25) is 4.79 Å². The molecule has 0 amide bonds. The molecular weight excluding hydrogens is 346 g/mol. The summed E-state index contributed by atoms with van der Waals surface area (Å²) in [6.07, 6.45) is 0.621. The Hall–Kier alpha value is -0.920. The van der Waals surface area contributed by atoms with Gasteiger partial charge < -0.3 is 4.74 Å². The Balaban J connectivity index is 3.04. The first-order valence-electron chi connectivity index (χ1n) is 6.17. The lowest BCUT2D eigenvalue weighted by atomic mass is 10.2. The maximum absolute atomic E-state index is 12.5. The van der Waals surface area contributed by atoms with Crippen LogP contribution in [0.1, 0.15) is 18.9 Å². The van der Waals surface area contributed by atoms with Gasteiger partial charge in [0.15, 0.2) is 0 Å². The standard InChI is InChI=1S/C13H18BrNO4S/c1-3-8-15(10-13(16)19-2)20(17,18)12-6-4-11(9-14)5-7-12/h4-7H,3,8-10H2,1-2H3. The van der Waals surface area contributed by atoms with Crippen molar-refractivity contribution in [3.05, 3.63) is 29.8 Å². The molecule has 0 aliphatic carbocycles. The van der Waals surface area contributed by atoms with Gasteiger partial charge in [0.05, 0.1) is 12.0 Å². The summed E-state index contributed by atoms with van der Waals surface area (Å²) in [5.74, 6) is -0.570. The predicted molar refractivity (Wildman–Crippen MR) is 80.1 cm³/mol. The van der Waals surface area contributed by atoms with Crippen LogP contribution in [0.4, 0.5) is 0 Å². The van der Waals surface area contributed by atoms with E-state index in [9.17, 15) is 13.2 Å². The second-order valence-corrected chi connectivity index (χ2v) is 6.69. The molecule has 1 aromatic carbocycles. The van der Waals surface area contributed by atoms with Gasteiger partial charge in [-0.05, 0) is 24.1 Å². The SMILES string of the molecule is CCCN(CC(=O)OC)S(=O)(=O)c1ccc(CBr)cc1. The van der Waals surface area contributed by atoms with Crippen LogP contribution in [0.5, 0.6) is 0 Å². The van der Waals surface area contributed by atoms with Crippen molar-refractivity contribution in [1.29, 1.82) is 0 Å². The van der Waals surface area contributed by atoms with E-state index in [4.69, 9.17) is 0 Å². The third kappa shape index (κ3) is 4.29. The van der Waals surface area contributed by atoms with Gasteiger partial charge in [0.2, 0.25) is 10.0 Å². The molecule has 0 spiro atoms. The van der Waals surface area contributed by atoms with Gasteiger partial charge in [0.25, 0.3) is 0 Å². The number of carbonyl (C=O) groups excluding carboxylic acids is 1. The zero-order chi connectivity index (χ0) is 15.2. The van der Waals surface area contributed by atoms with Crippen molar-refractivity contribution < 1.29 is 17.9 Å². The molecule has 0 fully saturated rings. The minimum Gasteiger partial charge on any atom is -0.468 e. The van der Waals surface area contributed by atoms with E-state index in [1.807, 2.05) is 6.92 Å². The Labute approximate surface area is 128 Å². The van der Waals surface area contributed by atoms with Crippen LogP contribution in [-0.4, -0.2) is 38.9 Å². The lowest BCUT2D eigenvalue weighted by Gasteiger charge is -2.20. The lowest BCUT2D eigenvalue weighted by Crippen LogP contribution is -2.36. The fraction of sp³-hybridized carbons (Fsp3) is 0.462. The molecule has 0 heterocycles. The molecule has 0 saturated heterocycles. The minimum absolute atomic E-state index is 0.180. The highest BCUT2D eigenvalue weighted by Gasteiger charge is 2.26. The van der Waals surface area contributed by atoms with Gasteiger partial charge in [-0.2, -0.15) is 4.31 Å². The third-order valence-electron chi connectivity index (χ3n) is 2.72. The summed E-state index contributed by atoms with van der Waals surface area (Å²) in [5.41, 5.74) is 0.985. The summed E-state index contributed by atoms with van der Waals surface area (Å²) in [5, 5.41) is 0.661. The quantitative estimate of drug-likeness (QED) is 0.549. The molecule has 0 unspecified atom stereocenters. The van der Waals surface area contributed by atoms with Crippen molar-refractivity contribution in [3.63, 3.8) is 0 Å². The Morgan fingerprint density at radius 2 is 1.90 bits per heavy atom. The molecule has 1 rings (SSSR count). The predicted octanol–water partition coefficient (Wildman–Crippen LogP) is 2.16. The molecule has 5 nitrogen and oxygen atoms in total. The van der Waals surface area contributed by atoms with Gasteiger partial charge in [0.1, 0.15) is 6.54 Å². The molecule has 0 aliphatic rings. The van der Waals surface area contributed by atoms with E-state index in [0.29, 0.717) is 11.8 Å². The minimum atomic E-state index is -3.68. The van der Waals surface area contributed by atoms with Crippen molar-refractivity contribution in [2.24, 2.45) is 0 Å².